The molecule has 0 aromatic carbocycles. The summed E-state index contributed by atoms with van der Waals surface area (Å²) in [7, 11) is 3.05. The van der Waals surface area contributed by atoms with Gasteiger partial charge in [-0.05, 0) is 35.8 Å². The van der Waals surface area contributed by atoms with Gasteiger partial charge in [0.05, 0.1) is 0 Å². The van der Waals surface area contributed by atoms with E-state index >= 15 is 0 Å². The van der Waals surface area contributed by atoms with Crippen LogP contribution in [0.4, 0.5) is 0 Å². The van der Waals surface area contributed by atoms with Crippen molar-refractivity contribution in [1.82, 2.24) is 0 Å². The monoisotopic (exact) mass is 172 g/mol. The third-order valence-electron chi connectivity index (χ3n) is 3.46. The zero-order valence-corrected chi connectivity index (χ0v) is 9.38. The van der Waals surface area contributed by atoms with Gasteiger partial charge in [-0.15, -0.1) is 9.24 Å². The smallest absolute Gasteiger partial charge is 0.0182 e. The Morgan fingerprint density at radius 3 is 1.91 bits per heavy atom. The van der Waals surface area contributed by atoms with Gasteiger partial charge in [0.25, 0.3) is 0 Å². The molecule has 1 aliphatic rings. The van der Waals surface area contributed by atoms with E-state index in [1.807, 2.05) is 0 Å². The van der Waals surface area contributed by atoms with Crippen molar-refractivity contribution in [2.75, 3.05) is 0 Å². The van der Waals surface area contributed by atoms with Crippen LogP contribution in [0.1, 0.15) is 40.5 Å². The summed E-state index contributed by atoms with van der Waals surface area (Å²) < 4.78 is 0. The third kappa shape index (κ3) is 1.96. The molecular weight excluding hydrogens is 151 g/mol. The van der Waals surface area contributed by atoms with Crippen molar-refractivity contribution in [2.45, 2.75) is 46.2 Å². The molecule has 0 radical (unpaired) electrons. The van der Waals surface area contributed by atoms with Gasteiger partial charge in [0.15, 0.2) is 0 Å². The van der Waals surface area contributed by atoms with E-state index in [1.54, 1.807) is 0 Å². The first-order valence-electron chi connectivity index (χ1n) is 4.73. The van der Waals surface area contributed by atoms with Crippen molar-refractivity contribution in [3.05, 3.63) is 0 Å². The number of hydrogen-bond acceptors (Lipinski definition) is 0. The normalized spacial score (nSPS) is 26.7. The highest BCUT2D eigenvalue weighted by atomic mass is 31.0. The number of rotatable bonds is 3. The highest BCUT2D eigenvalue weighted by molar-refractivity contribution is 7.17. The molecule has 1 heteroatoms. The summed E-state index contributed by atoms with van der Waals surface area (Å²) in [6.07, 6.45) is 2.89. The van der Waals surface area contributed by atoms with Crippen LogP contribution in [0, 0.1) is 17.3 Å². The maximum absolute atomic E-state index is 3.05. The molecule has 0 N–H and O–H groups in total. The van der Waals surface area contributed by atoms with Gasteiger partial charge < -0.3 is 0 Å². The molecule has 3 atom stereocenters. The molecule has 0 bridgehead atoms. The second kappa shape index (κ2) is 3.05. The second-order valence-electron chi connectivity index (χ2n) is 4.78. The van der Waals surface area contributed by atoms with Crippen LogP contribution in [0.5, 0.6) is 0 Å². The van der Waals surface area contributed by atoms with Crippen molar-refractivity contribution in [3.8, 4) is 0 Å². The van der Waals surface area contributed by atoms with E-state index in [0.717, 1.165) is 17.5 Å². The standard InChI is InChI=1S/C10H21P/c1-7(2)8(3)9(11)10(4)5-6-10/h7-9H,5-6,11H2,1-4H3. The highest BCUT2D eigenvalue weighted by Gasteiger charge is 2.44. The Morgan fingerprint density at radius 1 is 1.18 bits per heavy atom. The number of hydrogen-bond donors (Lipinski definition) is 0. The van der Waals surface area contributed by atoms with Crippen LogP contribution >= 0.6 is 9.24 Å². The lowest BCUT2D eigenvalue weighted by Gasteiger charge is -2.28. The summed E-state index contributed by atoms with van der Waals surface area (Å²) >= 11 is 0. The third-order valence-corrected chi connectivity index (χ3v) is 4.87. The van der Waals surface area contributed by atoms with E-state index in [1.165, 1.54) is 12.8 Å². The maximum Gasteiger partial charge on any atom is -0.0182 e. The van der Waals surface area contributed by atoms with Gasteiger partial charge in [-0.1, -0.05) is 27.7 Å². The van der Waals surface area contributed by atoms with E-state index in [9.17, 15) is 0 Å². The zero-order valence-electron chi connectivity index (χ0n) is 8.22. The summed E-state index contributed by atoms with van der Waals surface area (Å²) in [5.41, 5.74) is 1.51. The molecule has 1 saturated carbocycles. The van der Waals surface area contributed by atoms with Crippen LogP contribution in [0.2, 0.25) is 0 Å². The molecule has 0 saturated heterocycles. The summed E-state index contributed by atoms with van der Waals surface area (Å²) in [5, 5.41) is 0. The quantitative estimate of drug-likeness (QED) is 0.573. The van der Waals surface area contributed by atoms with Crippen LogP contribution in [-0.4, -0.2) is 5.66 Å². The van der Waals surface area contributed by atoms with Crippen LogP contribution in [0.3, 0.4) is 0 Å². The molecule has 66 valence electrons. The molecule has 1 aliphatic carbocycles. The first-order valence-corrected chi connectivity index (χ1v) is 5.39. The van der Waals surface area contributed by atoms with Gasteiger partial charge in [-0.2, -0.15) is 0 Å². The Kier molecular flexibility index (Phi) is 2.64. The lowest BCUT2D eigenvalue weighted by atomic mass is 9.86. The first-order chi connectivity index (χ1) is 4.97. The van der Waals surface area contributed by atoms with E-state index in [4.69, 9.17) is 0 Å². The molecule has 1 fully saturated rings. The van der Waals surface area contributed by atoms with E-state index in [2.05, 4.69) is 36.9 Å². The fourth-order valence-corrected chi connectivity index (χ4v) is 2.36. The van der Waals surface area contributed by atoms with Crippen molar-refractivity contribution in [3.63, 3.8) is 0 Å². The molecule has 0 nitrogen and oxygen atoms in total. The maximum atomic E-state index is 3.05. The van der Waals surface area contributed by atoms with Gasteiger partial charge in [0.2, 0.25) is 0 Å². The van der Waals surface area contributed by atoms with Gasteiger partial charge in [-0.3, -0.25) is 0 Å². The van der Waals surface area contributed by atoms with Crippen LogP contribution in [-0.2, 0) is 0 Å². The van der Waals surface area contributed by atoms with Crippen molar-refractivity contribution >= 4 is 9.24 Å². The largest absolute Gasteiger partial charge is 0.134 e. The lowest BCUT2D eigenvalue weighted by Crippen LogP contribution is -2.24. The van der Waals surface area contributed by atoms with Gasteiger partial charge in [0.1, 0.15) is 0 Å². The van der Waals surface area contributed by atoms with Gasteiger partial charge >= 0.3 is 0 Å². The average molecular weight is 172 g/mol. The zero-order chi connectivity index (χ0) is 8.65. The minimum atomic E-state index is 0.675. The Morgan fingerprint density at radius 2 is 1.64 bits per heavy atom. The van der Waals surface area contributed by atoms with Crippen molar-refractivity contribution in [2.24, 2.45) is 17.3 Å². The Bertz CT molecular complexity index is 136. The predicted molar refractivity (Wildman–Crippen MR) is 54.8 cm³/mol. The summed E-state index contributed by atoms with van der Waals surface area (Å²) in [4.78, 5) is 0. The Hall–Kier alpha value is 0.430. The molecule has 3 unspecified atom stereocenters. The molecule has 0 amide bonds. The minimum Gasteiger partial charge on any atom is -0.134 e. The molecule has 1 rings (SSSR count). The first kappa shape index (κ1) is 9.52. The van der Waals surface area contributed by atoms with Crippen molar-refractivity contribution < 1.29 is 0 Å². The Labute approximate surface area is 73.3 Å². The van der Waals surface area contributed by atoms with E-state index in [0.29, 0.717) is 5.41 Å². The highest BCUT2D eigenvalue weighted by Crippen LogP contribution is 2.54. The lowest BCUT2D eigenvalue weighted by molar-refractivity contribution is 0.332. The summed E-state index contributed by atoms with van der Waals surface area (Å²) in [6, 6.07) is 0. The fourth-order valence-electron chi connectivity index (χ4n) is 1.58. The van der Waals surface area contributed by atoms with E-state index in [-0.39, 0.29) is 0 Å². The van der Waals surface area contributed by atoms with E-state index < -0.39 is 0 Å². The van der Waals surface area contributed by atoms with Gasteiger partial charge in [-0.25, -0.2) is 0 Å². The molecule has 0 heterocycles. The summed E-state index contributed by atoms with van der Waals surface area (Å²) in [6.45, 7) is 9.45. The SMILES string of the molecule is CC(C)C(C)C(P)C1(C)CC1. The van der Waals surface area contributed by atoms with Crippen molar-refractivity contribution in [1.29, 1.82) is 0 Å². The molecular formula is C10H21P. The van der Waals surface area contributed by atoms with Crippen LogP contribution in [0.25, 0.3) is 0 Å². The van der Waals surface area contributed by atoms with Crippen LogP contribution < -0.4 is 0 Å². The molecule has 0 aromatic rings. The van der Waals surface area contributed by atoms with Gasteiger partial charge in [0, 0.05) is 0 Å². The van der Waals surface area contributed by atoms with Crippen LogP contribution in [0.15, 0.2) is 0 Å². The Balaban J connectivity index is 2.46. The second-order valence-corrected chi connectivity index (χ2v) is 5.50. The molecule has 0 spiro atoms. The summed E-state index contributed by atoms with van der Waals surface area (Å²) in [5.74, 6) is 1.68. The molecule has 0 aliphatic heterocycles. The average Bonchev–Trinajstić information content (AvgIpc) is 2.66. The minimum absolute atomic E-state index is 0.675. The topological polar surface area (TPSA) is 0 Å². The molecule has 11 heavy (non-hydrogen) atoms. The predicted octanol–water partition coefficient (Wildman–Crippen LogP) is 3.32. The fraction of sp³-hybridized carbons (Fsp3) is 1.00. The molecule has 0 aromatic heterocycles.